The van der Waals surface area contributed by atoms with E-state index in [9.17, 15) is 14.3 Å². The van der Waals surface area contributed by atoms with Crippen LogP contribution in [0.2, 0.25) is 5.02 Å². The zero-order valence-electron chi connectivity index (χ0n) is 14.9. The van der Waals surface area contributed by atoms with E-state index in [1.54, 1.807) is 30.5 Å². The first-order chi connectivity index (χ1) is 13.4. The second kappa shape index (κ2) is 7.03. The van der Waals surface area contributed by atoms with E-state index < -0.39 is 17.9 Å². The van der Waals surface area contributed by atoms with Crippen LogP contribution >= 0.6 is 23.4 Å². The van der Waals surface area contributed by atoms with Gasteiger partial charge in [0.05, 0.1) is 27.7 Å². The van der Waals surface area contributed by atoms with Gasteiger partial charge >= 0.3 is 0 Å². The molecule has 1 aliphatic heterocycles. The number of thioether (sulfide) groups is 1. The molecule has 6 nitrogen and oxygen atoms in total. The van der Waals surface area contributed by atoms with Gasteiger partial charge in [-0.25, -0.2) is 14.3 Å². The van der Waals surface area contributed by atoms with Crippen LogP contribution in [0.5, 0.6) is 5.88 Å². The van der Waals surface area contributed by atoms with Gasteiger partial charge in [0.2, 0.25) is 5.91 Å². The number of nitrogens with zero attached hydrogens (tertiary/aromatic N) is 4. The van der Waals surface area contributed by atoms with Gasteiger partial charge in [0.25, 0.3) is 17.0 Å². The fourth-order valence-electron chi connectivity index (χ4n) is 3.38. The molecular formula is C19H14ClFN4O2S. The fourth-order valence-corrected chi connectivity index (χ4v) is 3.98. The summed E-state index contributed by atoms with van der Waals surface area (Å²) in [7, 11) is 0. The van der Waals surface area contributed by atoms with E-state index >= 15 is 0 Å². The van der Waals surface area contributed by atoms with Gasteiger partial charge in [-0.15, -0.1) is 0 Å². The molecule has 2 aromatic carbocycles. The number of halogens is 2. The van der Waals surface area contributed by atoms with Crippen molar-refractivity contribution in [1.29, 1.82) is 0 Å². The van der Waals surface area contributed by atoms with E-state index in [0.29, 0.717) is 11.3 Å². The predicted octanol–water partition coefficient (Wildman–Crippen LogP) is 2.93. The van der Waals surface area contributed by atoms with Crippen LogP contribution in [0.25, 0.3) is 11.3 Å². The summed E-state index contributed by atoms with van der Waals surface area (Å²) >= 11 is 7.50. The lowest BCUT2D eigenvalue weighted by Gasteiger charge is -2.33. The molecule has 3 aromatic rings. The quantitative estimate of drug-likeness (QED) is 0.474. The Balaban J connectivity index is 2.14. The minimum absolute atomic E-state index is 0.0604. The Kier molecular flexibility index (Phi) is 4.68. The van der Waals surface area contributed by atoms with Gasteiger partial charge in [-0.3, -0.25) is 4.79 Å². The first-order valence-corrected chi connectivity index (χ1v) is 9.92. The number of benzene rings is 2. The number of hydrogen-bond donors (Lipinski definition) is 0. The largest absolute Gasteiger partial charge is 0.854 e. The zero-order chi connectivity index (χ0) is 20.0. The Bertz CT molecular complexity index is 1090. The molecule has 0 saturated carbocycles. The van der Waals surface area contributed by atoms with Crippen molar-refractivity contribution in [2.45, 2.75) is 18.2 Å². The Labute approximate surface area is 169 Å². The van der Waals surface area contributed by atoms with Crippen molar-refractivity contribution in [3.8, 4) is 17.1 Å². The molecule has 2 heterocycles. The highest BCUT2D eigenvalue weighted by Gasteiger charge is 2.45. The van der Waals surface area contributed by atoms with Crippen LogP contribution in [-0.2, 0) is 4.79 Å². The maximum Gasteiger partial charge on any atom is 0.297 e. The lowest BCUT2D eigenvalue weighted by molar-refractivity contribution is -0.764. The lowest BCUT2D eigenvalue weighted by atomic mass is 10.0. The maximum atomic E-state index is 14.9. The molecule has 1 aromatic heterocycles. The molecule has 9 heteroatoms. The molecule has 4 rings (SSSR count). The van der Waals surface area contributed by atoms with Gasteiger partial charge in [-0.2, -0.15) is 0 Å². The highest BCUT2D eigenvalue weighted by molar-refractivity contribution is 7.98. The molecule has 0 aliphatic carbocycles. The number of carbonyl (C=O) groups excluding carboxylic acids is 1. The molecule has 0 spiro atoms. The summed E-state index contributed by atoms with van der Waals surface area (Å²) in [6.45, 7) is 1.37. The number of aromatic nitrogens is 3. The molecule has 0 bridgehead atoms. The van der Waals surface area contributed by atoms with Crippen LogP contribution in [-0.4, -0.2) is 22.2 Å². The van der Waals surface area contributed by atoms with Crippen molar-refractivity contribution in [2.75, 3.05) is 11.2 Å². The highest BCUT2D eigenvalue weighted by atomic mass is 35.5. The summed E-state index contributed by atoms with van der Waals surface area (Å²) in [5.41, 5.74) is 1.21. The second-order valence-corrected chi connectivity index (χ2v) is 7.29. The third-order valence-electron chi connectivity index (χ3n) is 4.50. The van der Waals surface area contributed by atoms with Crippen molar-refractivity contribution < 1.29 is 19.0 Å². The number of anilines is 1. The molecule has 1 unspecified atom stereocenters. The van der Waals surface area contributed by atoms with Crippen LogP contribution in [0, 0.1) is 5.82 Å². The highest BCUT2D eigenvalue weighted by Crippen LogP contribution is 2.42. The topological polar surface area (TPSA) is 73.0 Å². The molecule has 0 saturated heterocycles. The van der Waals surface area contributed by atoms with E-state index in [2.05, 4.69) is 10.1 Å². The van der Waals surface area contributed by atoms with Crippen LogP contribution in [0.3, 0.4) is 0 Å². The predicted molar refractivity (Wildman–Crippen MR) is 102 cm³/mol. The van der Waals surface area contributed by atoms with Gasteiger partial charge in [-0.1, -0.05) is 46.2 Å². The van der Waals surface area contributed by atoms with E-state index in [1.165, 1.54) is 46.5 Å². The molecular weight excluding hydrogens is 403 g/mol. The summed E-state index contributed by atoms with van der Waals surface area (Å²) in [6, 6.07) is 11.2. The van der Waals surface area contributed by atoms with Gasteiger partial charge < -0.3 is 5.11 Å². The number of amides is 1. The smallest absolute Gasteiger partial charge is 0.297 e. The number of para-hydroxylation sites is 1. The normalized spacial score (nSPS) is 15.1. The first kappa shape index (κ1) is 18.6. The van der Waals surface area contributed by atoms with Crippen molar-refractivity contribution in [3.05, 3.63) is 58.9 Å². The Hall–Kier alpha value is -2.71. The third kappa shape index (κ3) is 2.80. The number of hydrogen-bond acceptors (Lipinski definition) is 5. The van der Waals surface area contributed by atoms with Crippen LogP contribution in [0.15, 0.2) is 47.6 Å². The number of fused-ring (bicyclic) bond motifs is 3. The molecule has 142 valence electrons. The minimum Gasteiger partial charge on any atom is -0.854 e. The van der Waals surface area contributed by atoms with Crippen molar-refractivity contribution in [1.82, 2.24) is 10.1 Å². The van der Waals surface area contributed by atoms with Crippen molar-refractivity contribution in [3.63, 3.8) is 0 Å². The summed E-state index contributed by atoms with van der Waals surface area (Å²) in [4.78, 5) is 18.0. The van der Waals surface area contributed by atoms with Gasteiger partial charge in [0.15, 0.2) is 0 Å². The van der Waals surface area contributed by atoms with Crippen LogP contribution in [0.4, 0.5) is 10.1 Å². The van der Waals surface area contributed by atoms with Crippen LogP contribution in [0.1, 0.15) is 18.7 Å². The summed E-state index contributed by atoms with van der Waals surface area (Å²) in [6.07, 6.45) is 0.671. The molecule has 1 amide bonds. The van der Waals surface area contributed by atoms with Gasteiger partial charge in [0, 0.05) is 12.0 Å². The molecule has 0 N–H and O–H groups in total. The van der Waals surface area contributed by atoms with Gasteiger partial charge in [-0.05, 0) is 30.5 Å². The van der Waals surface area contributed by atoms with E-state index in [-0.39, 0.29) is 27.3 Å². The summed E-state index contributed by atoms with van der Waals surface area (Å²) in [5.74, 6) is -1.45. The van der Waals surface area contributed by atoms with E-state index in [4.69, 9.17) is 11.6 Å². The average Bonchev–Trinajstić information content (AvgIpc) is 2.67. The monoisotopic (exact) mass is 416 g/mol. The molecule has 0 radical (unpaired) electrons. The van der Waals surface area contributed by atoms with Gasteiger partial charge in [0.1, 0.15) is 5.82 Å². The second-order valence-electron chi connectivity index (χ2n) is 6.11. The zero-order valence-corrected chi connectivity index (χ0v) is 16.5. The molecule has 0 fully saturated rings. The van der Waals surface area contributed by atoms with Crippen molar-refractivity contribution >= 4 is 35.0 Å². The van der Waals surface area contributed by atoms with Crippen molar-refractivity contribution in [2.24, 2.45) is 0 Å². The lowest BCUT2D eigenvalue weighted by Crippen LogP contribution is -2.59. The summed E-state index contributed by atoms with van der Waals surface area (Å²) in [5, 5.41) is 17.6. The number of carbonyl (C=O) groups is 1. The maximum absolute atomic E-state index is 14.9. The molecule has 1 atom stereocenters. The average molecular weight is 417 g/mol. The standard InChI is InChI=1S/C19H14ClFN4O2S/c1-10(26)24-14-9-4-3-6-11(14)16-17(27)22-19(28-2)23-25(16)18(24)15-12(20)7-5-8-13(15)21/h3-9,18H,1-2H3. The first-order valence-electron chi connectivity index (χ1n) is 8.32. The number of rotatable bonds is 2. The minimum atomic E-state index is -1.06. The van der Waals surface area contributed by atoms with E-state index in [0.717, 1.165) is 0 Å². The Morgan fingerprint density at radius 3 is 2.71 bits per heavy atom. The third-order valence-corrected chi connectivity index (χ3v) is 5.36. The summed E-state index contributed by atoms with van der Waals surface area (Å²) < 4.78 is 16.2. The van der Waals surface area contributed by atoms with Crippen LogP contribution < -0.4 is 14.7 Å². The SMILES string of the molecule is CSc1nc([O-])c2[n+](n1)C(c1c(F)cccc1Cl)N(C(C)=O)c1ccccc1-2. The Morgan fingerprint density at radius 1 is 1.29 bits per heavy atom. The fraction of sp³-hybridized carbons (Fsp3) is 0.158. The molecule has 1 aliphatic rings. The Morgan fingerprint density at radius 2 is 2.04 bits per heavy atom. The van der Waals surface area contributed by atoms with E-state index in [1.807, 2.05) is 0 Å². The molecule has 28 heavy (non-hydrogen) atoms.